The second-order valence-corrected chi connectivity index (χ2v) is 2.03. The Hall–Kier alpha value is -0.180. The van der Waals surface area contributed by atoms with Gasteiger partial charge in [-0.05, 0) is 7.05 Å². The van der Waals surface area contributed by atoms with Crippen LogP contribution in [0.1, 0.15) is 13.8 Å². The summed E-state index contributed by atoms with van der Waals surface area (Å²) in [5.74, 6) is -0.632. The van der Waals surface area contributed by atoms with Crippen molar-refractivity contribution in [3.63, 3.8) is 0 Å². The Morgan fingerprint density at radius 1 is 1.38 bits per heavy atom. The molecule has 1 N–H and O–H groups in total. The van der Waals surface area contributed by atoms with Gasteiger partial charge in [0.25, 0.3) is 0 Å². The summed E-state index contributed by atoms with van der Waals surface area (Å²) in [4.78, 5) is 0. The van der Waals surface area contributed by atoms with E-state index in [4.69, 9.17) is 0 Å². The molecule has 0 heterocycles. The van der Waals surface area contributed by atoms with E-state index in [1.165, 1.54) is 20.9 Å². The van der Waals surface area contributed by atoms with Gasteiger partial charge in [0.15, 0.2) is 0 Å². The van der Waals surface area contributed by atoms with Gasteiger partial charge in [-0.3, -0.25) is 5.32 Å². The SMILES string of the molecule is CNC(F)(F)C(C)C. The normalized spacial score (nSPS) is 12.8. The van der Waals surface area contributed by atoms with E-state index >= 15 is 0 Å². The van der Waals surface area contributed by atoms with Crippen molar-refractivity contribution in [2.24, 2.45) is 5.92 Å². The first kappa shape index (κ1) is 7.82. The van der Waals surface area contributed by atoms with E-state index in [-0.39, 0.29) is 0 Å². The zero-order valence-electron chi connectivity index (χ0n) is 5.33. The second-order valence-electron chi connectivity index (χ2n) is 2.03. The summed E-state index contributed by atoms with van der Waals surface area (Å²) in [5.41, 5.74) is 0. The number of alkyl halides is 2. The van der Waals surface area contributed by atoms with Gasteiger partial charge in [-0.2, -0.15) is 8.78 Å². The van der Waals surface area contributed by atoms with Crippen LogP contribution in [0.3, 0.4) is 0 Å². The van der Waals surface area contributed by atoms with Crippen LogP contribution in [-0.2, 0) is 0 Å². The van der Waals surface area contributed by atoms with Gasteiger partial charge in [-0.25, -0.2) is 0 Å². The molecule has 0 aromatic heterocycles. The average Bonchev–Trinajstić information content (AvgIpc) is 1.67. The maximum Gasteiger partial charge on any atom is 0.304 e. The minimum absolute atomic E-state index is 0.632. The molecule has 0 aromatic carbocycles. The van der Waals surface area contributed by atoms with Crippen LogP contribution in [0.5, 0.6) is 0 Å². The van der Waals surface area contributed by atoms with Gasteiger partial charge in [-0.1, -0.05) is 13.8 Å². The zero-order chi connectivity index (χ0) is 6.78. The lowest BCUT2D eigenvalue weighted by Gasteiger charge is -2.18. The van der Waals surface area contributed by atoms with Gasteiger partial charge in [0.2, 0.25) is 0 Å². The Morgan fingerprint density at radius 3 is 1.75 bits per heavy atom. The highest BCUT2D eigenvalue weighted by molar-refractivity contribution is 4.63. The van der Waals surface area contributed by atoms with Crippen LogP contribution >= 0.6 is 0 Å². The molecule has 3 heteroatoms. The van der Waals surface area contributed by atoms with E-state index in [9.17, 15) is 8.78 Å². The van der Waals surface area contributed by atoms with Gasteiger partial charge in [-0.15, -0.1) is 0 Å². The van der Waals surface area contributed by atoms with Crippen molar-refractivity contribution in [3.05, 3.63) is 0 Å². The predicted octanol–water partition coefficient (Wildman–Crippen LogP) is 1.45. The van der Waals surface area contributed by atoms with Gasteiger partial charge < -0.3 is 0 Å². The Labute approximate surface area is 48.1 Å². The van der Waals surface area contributed by atoms with Crippen molar-refractivity contribution in [1.82, 2.24) is 5.32 Å². The van der Waals surface area contributed by atoms with Crippen LogP contribution in [0.15, 0.2) is 0 Å². The highest BCUT2D eigenvalue weighted by Gasteiger charge is 2.30. The van der Waals surface area contributed by atoms with E-state index in [0.29, 0.717) is 0 Å². The molecule has 0 rings (SSSR count). The fraction of sp³-hybridized carbons (Fsp3) is 1.00. The third-order valence-corrected chi connectivity index (χ3v) is 1.06. The van der Waals surface area contributed by atoms with E-state index in [2.05, 4.69) is 0 Å². The smallest absolute Gasteiger partial charge is 0.261 e. The van der Waals surface area contributed by atoms with Crippen LogP contribution in [0.4, 0.5) is 8.78 Å². The minimum Gasteiger partial charge on any atom is -0.261 e. The van der Waals surface area contributed by atoms with Gasteiger partial charge in [0, 0.05) is 5.92 Å². The summed E-state index contributed by atoms with van der Waals surface area (Å²) >= 11 is 0. The molecule has 0 fully saturated rings. The maximum atomic E-state index is 12.2. The molecule has 1 nitrogen and oxygen atoms in total. The molecule has 0 aliphatic rings. The lowest BCUT2D eigenvalue weighted by atomic mass is 10.2. The van der Waals surface area contributed by atoms with Crippen molar-refractivity contribution in [2.45, 2.75) is 19.9 Å². The zero-order valence-corrected chi connectivity index (χ0v) is 5.33. The van der Waals surface area contributed by atoms with Gasteiger partial charge in [0.05, 0.1) is 0 Å². The highest BCUT2D eigenvalue weighted by atomic mass is 19.3. The van der Waals surface area contributed by atoms with Crippen molar-refractivity contribution >= 4 is 0 Å². The molecule has 0 unspecified atom stereocenters. The predicted molar refractivity (Wildman–Crippen MR) is 28.8 cm³/mol. The van der Waals surface area contributed by atoms with E-state index in [1.807, 2.05) is 5.32 Å². The molecule has 0 amide bonds. The lowest BCUT2D eigenvalue weighted by Crippen LogP contribution is -2.38. The number of hydrogen-bond acceptors (Lipinski definition) is 1. The van der Waals surface area contributed by atoms with Crippen molar-refractivity contribution in [2.75, 3.05) is 7.05 Å². The standard InChI is InChI=1S/C5H11F2N/c1-4(2)5(6,7)8-3/h4,8H,1-3H3. The Bertz CT molecular complexity index is 70.8. The summed E-state index contributed by atoms with van der Waals surface area (Å²) < 4.78 is 24.3. The van der Waals surface area contributed by atoms with Crippen molar-refractivity contribution in [1.29, 1.82) is 0 Å². The van der Waals surface area contributed by atoms with Crippen LogP contribution in [-0.4, -0.2) is 13.1 Å². The van der Waals surface area contributed by atoms with Crippen molar-refractivity contribution < 1.29 is 8.78 Å². The third-order valence-electron chi connectivity index (χ3n) is 1.06. The second kappa shape index (κ2) is 2.40. The molecular weight excluding hydrogens is 112 g/mol. The molecule has 50 valence electrons. The van der Waals surface area contributed by atoms with E-state index in [1.54, 1.807) is 0 Å². The first-order valence-corrected chi connectivity index (χ1v) is 2.57. The van der Waals surface area contributed by atoms with Crippen LogP contribution in [0, 0.1) is 5.92 Å². The van der Waals surface area contributed by atoms with Gasteiger partial charge >= 0.3 is 6.05 Å². The molecule has 8 heavy (non-hydrogen) atoms. The number of hydrogen-bond donors (Lipinski definition) is 1. The fourth-order valence-electron chi connectivity index (χ4n) is 0.289. The summed E-state index contributed by atoms with van der Waals surface area (Å²) in [6, 6.07) is -2.71. The molecule has 0 radical (unpaired) electrons. The molecule has 0 aromatic rings. The molecular formula is C5H11F2N. The van der Waals surface area contributed by atoms with Gasteiger partial charge in [0.1, 0.15) is 0 Å². The molecule has 0 spiro atoms. The van der Waals surface area contributed by atoms with Crippen LogP contribution in [0.25, 0.3) is 0 Å². The summed E-state index contributed by atoms with van der Waals surface area (Å²) in [6.07, 6.45) is 0. The molecule has 0 atom stereocenters. The summed E-state index contributed by atoms with van der Waals surface area (Å²) in [6.45, 7) is 2.94. The minimum atomic E-state index is -2.71. The topological polar surface area (TPSA) is 12.0 Å². The number of rotatable bonds is 2. The lowest BCUT2D eigenvalue weighted by molar-refractivity contribution is -0.0704. The third kappa shape index (κ3) is 1.74. The molecule has 0 saturated heterocycles. The monoisotopic (exact) mass is 123 g/mol. The Kier molecular flexibility index (Phi) is 2.34. The number of halogens is 2. The summed E-state index contributed by atoms with van der Waals surface area (Å²) in [7, 11) is 1.25. The molecule has 0 aliphatic carbocycles. The highest BCUT2D eigenvalue weighted by Crippen LogP contribution is 2.18. The average molecular weight is 123 g/mol. The van der Waals surface area contributed by atoms with E-state index in [0.717, 1.165) is 0 Å². The molecule has 0 saturated carbocycles. The quantitative estimate of drug-likeness (QED) is 0.548. The largest absolute Gasteiger partial charge is 0.304 e. The first-order valence-electron chi connectivity index (χ1n) is 2.57. The Morgan fingerprint density at radius 2 is 1.75 bits per heavy atom. The van der Waals surface area contributed by atoms with Crippen molar-refractivity contribution in [3.8, 4) is 0 Å². The van der Waals surface area contributed by atoms with E-state index < -0.39 is 12.0 Å². The Balaban J connectivity index is 3.71. The number of nitrogens with one attached hydrogen (secondary N) is 1. The summed E-state index contributed by atoms with van der Waals surface area (Å²) in [5, 5.41) is 1.91. The van der Waals surface area contributed by atoms with Crippen LogP contribution < -0.4 is 5.32 Å². The molecule has 0 bridgehead atoms. The van der Waals surface area contributed by atoms with Crippen LogP contribution in [0.2, 0.25) is 0 Å². The first-order chi connectivity index (χ1) is 3.50. The maximum absolute atomic E-state index is 12.2. The fourth-order valence-corrected chi connectivity index (χ4v) is 0.289. The molecule has 0 aliphatic heterocycles.